The van der Waals surface area contributed by atoms with Crippen LogP contribution in [0.5, 0.6) is 11.5 Å². The van der Waals surface area contributed by atoms with E-state index in [0.717, 1.165) is 0 Å². The lowest BCUT2D eigenvalue weighted by atomic mass is 10.1. The fourth-order valence-electron chi connectivity index (χ4n) is 1.27. The first kappa shape index (κ1) is 11.9. The van der Waals surface area contributed by atoms with E-state index < -0.39 is 5.97 Å². The fourth-order valence-corrected chi connectivity index (χ4v) is 1.27. The second kappa shape index (κ2) is 5.03. The SMILES string of the molecule is CCOc1c(OC)cc(C#N)cc1C(=O)O. The third-order valence-electron chi connectivity index (χ3n) is 1.92. The van der Waals surface area contributed by atoms with E-state index in [9.17, 15) is 4.79 Å². The normalized spacial score (nSPS) is 9.31. The van der Waals surface area contributed by atoms with Crippen LogP contribution in [0.15, 0.2) is 12.1 Å². The summed E-state index contributed by atoms with van der Waals surface area (Å²) >= 11 is 0. The van der Waals surface area contributed by atoms with Gasteiger partial charge in [0.2, 0.25) is 0 Å². The summed E-state index contributed by atoms with van der Waals surface area (Å²) in [7, 11) is 1.39. The highest BCUT2D eigenvalue weighted by Gasteiger charge is 2.18. The molecule has 0 saturated carbocycles. The van der Waals surface area contributed by atoms with Crippen LogP contribution in [0.2, 0.25) is 0 Å². The van der Waals surface area contributed by atoms with Gasteiger partial charge in [-0.1, -0.05) is 0 Å². The van der Waals surface area contributed by atoms with Crippen molar-refractivity contribution < 1.29 is 19.4 Å². The topological polar surface area (TPSA) is 79.5 Å². The maximum absolute atomic E-state index is 11.0. The minimum atomic E-state index is -1.15. The average Bonchev–Trinajstić information content (AvgIpc) is 2.29. The number of rotatable bonds is 4. The maximum atomic E-state index is 11.0. The van der Waals surface area contributed by atoms with Gasteiger partial charge in [0.15, 0.2) is 11.5 Å². The summed E-state index contributed by atoms with van der Waals surface area (Å²) in [4.78, 5) is 11.0. The van der Waals surface area contributed by atoms with Crippen LogP contribution in [0.1, 0.15) is 22.8 Å². The summed E-state index contributed by atoms with van der Waals surface area (Å²) < 4.78 is 10.2. The number of nitriles is 1. The van der Waals surface area contributed by atoms with Crippen molar-refractivity contribution in [2.24, 2.45) is 0 Å². The monoisotopic (exact) mass is 221 g/mol. The van der Waals surface area contributed by atoms with E-state index in [1.165, 1.54) is 19.2 Å². The van der Waals surface area contributed by atoms with Gasteiger partial charge in [0.25, 0.3) is 0 Å². The largest absolute Gasteiger partial charge is 0.493 e. The lowest BCUT2D eigenvalue weighted by Gasteiger charge is -2.12. The molecule has 0 aliphatic rings. The fraction of sp³-hybridized carbons (Fsp3) is 0.273. The second-order valence-corrected chi connectivity index (χ2v) is 2.91. The minimum absolute atomic E-state index is 0.0715. The zero-order chi connectivity index (χ0) is 12.1. The van der Waals surface area contributed by atoms with Crippen molar-refractivity contribution in [1.82, 2.24) is 0 Å². The van der Waals surface area contributed by atoms with Crippen molar-refractivity contribution in [3.05, 3.63) is 23.3 Å². The molecule has 0 radical (unpaired) electrons. The number of benzene rings is 1. The third-order valence-corrected chi connectivity index (χ3v) is 1.92. The molecule has 0 heterocycles. The van der Waals surface area contributed by atoms with Gasteiger partial charge in [0.05, 0.1) is 25.3 Å². The Balaban J connectivity index is 3.42. The van der Waals surface area contributed by atoms with Crippen molar-refractivity contribution >= 4 is 5.97 Å². The second-order valence-electron chi connectivity index (χ2n) is 2.91. The number of ether oxygens (including phenoxy) is 2. The highest BCUT2D eigenvalue weighted by atomic mass is 16.5. The van der Waals surface area contributed by atoms with Gasteiger partial charge in [-0.15, -0.1) is 0 Å². The van der Waals surface area contributed by atoms with Crippen LogP contribution in [0.25, 0.3) is 0 Å². The van der Waals surface area contributed by atoms with Crippen molar-refractivity contribution in [3.8, 4) is 17.6 Å². The molecule has 5 heteroatoms. The molecule has 0 atom stereocenters. The molecule has 0 fully saturated rings. The van der Waals surface area contributed by atoms with Crippen LogP contribution in [0, 0.1) is 11.3 Å². The number of nitrogens with zero attached hydrogens (tertiary/aromatic N) is 1. The van der Waals surface area contributed by atoms with Gasteiger partial charge in [-0.05, 0) is 13.0 Å². The number of methoxy groups -OCH3 is 1. The van der Waals surface area contributed by atoms with Gasteiger partial charge in [-0.3, -0.25) is 0 Å². The Morgan fingerprint density at radius 1 is 1.56 bits per heavy atom. The molecule has 0 aliphatic carbocycles. The molecule has 0 spiro atoms. The van der Waals surface area contributed by atoms with E-state index in [0.29, 0.717) is 6.61 Å². The average molecular weight is 221 g/mol. The van der Waals surface area contributed by atoms with Gasteiger partial charge in [0.1, 0.15) is 5.56 Å². The zero-order valence-corrected chi connectivity index (χ0v) is 8.98. The molecule has 0 amide bonds. The van der Waals surface area contributed by atoms with Crippen LogP contribution >= 0.6 is 0 Å². The standard InChI is InChI=1S/C11H11NO4/c1-3-16-10-8(11(13)14)4-7(6-12)5-9(10)15-2/h4-5H,3H2,1-2H3,(H,13,14). The number of hydrogen-bond acceptors (Lipinski definition) is 4. The Hall–Kier alpha value is -2.22. The van der Waals surface area contributed by atoms with Gasteiger partial charge < -0.3 is 14.6 Å². The highest BCUT2D eigenvalue weighted by Crippen LogP contribution is 2.32. The molecule has 0 aliphatic heterocycles. The summed E-state index contributed by atoms with van der Waals surface area (Å²) in [5.74, 6) is -0.756. The summed E-state index contributed by atoms with van der Waals surface area (Å²) in [5, 5.41) is 17.7. The minimum Gasteiger partial charge on any atom is -0.493 e. The Morgan fingerprint density at radius 2 is 2.25 bits per heavy atom. The molecule has 84 valence electrons. The van der Waals surface area contributed by atoms with Gasteiger partial charge in [-0.25, -0.2) is 4.79 Å². The molecule has 0 aromatic heterocycles. The van der Waals surface area contributed by atoms with Gasteiger partial charge >= 0.3 is 5.97 Å². The van der Waals surface area contributed by atoms with E-state index in [2.05, 4.69) is 0 Å². The Labute approximate surface area is 92.8 Å². The van der Waals surface area contributed by atoms with Crippen molar-refractivity contribution in [1.29, 1.82) is 5.26 Å². The molecular weight excluding hydrogens is 210 g/mol. The molecule has 5 nitrogen and oxygen atoms in total. The first-order valence-corrected chi connectivity index (χ1v) is 4.62. The molecule has 1 aromatic rings. The predicted molar refractivity (Wildman–Crippen MR) is 55.8 cm³/mol. The van der Waals surface area contributed by atoms with Crippen LogP contribution < -0.4 is 9.47 Å². The Morgan fingerprint density at radius 3 is 2.69 bits per heavy atom. The summed E-state index contributed by atoms with van der Waals surface area (Å²) in [6.45, 7) is 2.06. The molecular formula is C11H11NO4. The van der Waals surface area contributed by atoms with E-state index in [4.69, 9.17) is 19.8 Å². The number of carbonyl (C=O) groups is 1. The van der Waals surface area contributed by atoms with E-state index in [1.54, 1.807) is 6.92 Å². The number of carboxylic acids is 1. The van der Waals surface area contributed by atoms with Gasteiger partial charge in [0, 0.05) is 6.07 Å². The van der Waals surface area contributed by atoms with Crippen LogP contribution in [0.4, 0.5) is 0 Å². The van der Waals surface area contributed by atoms with Crippen molar-refractivity contribution in [2.45, 2.75) is 6.92 Å². The van der Waals surface area contributed by atoms with Crippen LogP contribution in [-0.2, 0) is 0 Å². The van der Waals surface area contributed by atoms with Gasteiger partial charge in [-0.2, -0.15) is 5.26 Å². The molecule has 1 N–H and O–H groups in total. The smallest absolute Gasteiger partial charge is 0.339 e. The predicted octanol–water partition coefficient (Wildman–Crippen LogP) is 1.66. The summed E-state index contributed by atoms with van der Waals surface area (Å²) in [5.41, 5.74) is 0.149. The van der Waals surface area contributed by atoms with E-state index in [1.807, 2.05) is 6.07 Å². The quantitative estimate of drug-likeness (QED) is 0.836. The summed E-state index contributed by atoms with van der Waals surface area (Å²) in [6.07, 6.45) is 0. The highest BCUT2D eigenvalue weighted by molar-refractivity contribution is 5.92. The van der Waals surface area contributed by atoms with E-state index in [-0.39, 0.29) is 22.6 Å². The molecule has 0 unspecified atom stereocenters. The molecule has 0 saturated heterocycles. The summed E-state index contributed by atoms with van der Waals surface area (Å²) in [6, 6.07) is 4.57. The third kappa shape index (κ3) is 2.23. The number of aromatic carboxylic acids is 1. The lowest BCUT2D eigenvalue weighted by molar-refractivity contribution is 0.0691. The first-order valence-electron chi connectivity index (χ1n) is 4.62. The zero-order valence-electron chi connectivity index (χ0n) is 8.98. The first-order chi connectivity index (χ1) is 7.63. The Bertz CT molecular complexity index is 448. The molecule has 16 heavy (non-hydrogen) atoms. The van der Waals surface area contributed by atoms with Crippen molar-refractivity contribution in [3.63, 3.8) is 0 Å². The number of carboxylic acid groups (broad SMARTS) is 1. The van der Waals surface area contributed by atoms with Crippen molar-refractivity contribution in [2.75, 3.05) is 13.7 Å². The molecule has 0 bridgehead atoms. The molecule has 1 rings (SSSR count). The maximum Gasteiger partial charge on any atom is 0.339 e. The Kier molecular flexibility index (Phi) is 3.72. The lowest BCUT2D eigenvalue weighted by Crippen LogP contribution is -2.05. The van der Waals surface area contributed by atoms with Crippen LogP contribution in [-0.4, -0.2) is 24.8 Å². The molecule has 1 aromatic carbocycles. The number of hydrogen-bond donors (Lipinski definition) is 1. The van der Waals surface area contributed by atoms with E-state index >= 15 is 0 Å². The van der Waals surface area contributed by atoms with Crippen LogP contribution in [0.3, 0.4) is 0 Å².